The number of carbonyl (C=O) groups is 1. The van der Waals surface area contributed by atoms with Gasteiger partial charge in [-0.15, -0.1) is 11.3 Å². The largest absolute Gasteiger partial charge is 0.497 e. The van der Waals surface area contributed by atoms with Gasteiger partial charge >= 0.3 is 0 Å². The SMILES string of the molecule is COc1ccc(-c2nc(CN3CCN(C(=O)C4CCCCC4)CC3)cs2)cc1. The van der Waals surface area contributed by atoms with Gasteiger partial charge in [0.05, 0.1) is 12.8 Å². The fourth-order valence-corrected chi connectivity index (χ4v) is 5.03. The van der Waals surface area contributed by atoms with Gasteiger partial charge in [0.2, 0.25) is 5.91 Å². The number of methoxy groups -OCH3 is 1. The molecule has 1 saturated carbocycles. The second kappa shape index (κ2) is 9.05. The minimum absolute atomic E-state index is 0.283. The van der Waals surface area contributed by atoms with Gasteiger partial charge in [-0.05, 0) is 37.1 Å². The third-order valence-corrected chi connectivity index (χ3v) is 6.85. The summed E-state index contributed by atoms with van der Waals surface area (Å²) < 4.78 is 5.22. The molecule has 5 nitrogen and oxygen atoms in total. The van der Waals surface area contributed by atoms with Crippen LogP contribution in [0.15, 0.2) is 29.6 Å². The van der Waals surface area contributed by atoms with Gasteiger partial charge in [0.25, 0.3) is 0 Å². The zero-order chi connectivity index (χ0) is 19.3. The number of benzene rings is 1. The van der Waals surface area contributed by atoms with Gasteiger partial charge in [-0.1, -0.05) is 19.3 Å². The van der Waals surface area contributed by atoms with Crippen molar-refractivity contribution in [3.05, 3.63) is 35.3 Å². The molecule has 6 heteroatoms. The highest BCUT2D eigenvalue weighted by molar-refractivity contribution is 7.13. The summed E-state index contributed by atoms with van der Waals surface area (Å²) in [4.78, 5) is 22.0. The van der Waals surface area contributed by atoms with Crippen molar-refractivity contribution in [2.75, 3.05) is 33.3 Å². The molecule has 1 amide bonds. The van der Waals surface area contributed by atoms with E-state index in [1.807, 2.05) is 12.1 Å². The molecule has 0 spiro atoms. The fourth-order valence-electron chi connectivity index (χ4n) is 4.21. The van der Waals surface area contributed by atoms with E-state index in [9.17, 15) is 4.79 Å². The quantitative estimate of drug-likeness (QED) is 0.761. The molecule has 1 saturated heterocycles. The van der Waals surface area contributed by atoms with Crippen molar-refractivity contribution in [2.45, 2.75) is 38.6 Å². The number of aromatic nitrogens is 1. The van der Waals surface area contributed by atoms with Crippen LogP contribution in [0.2, 0.25) is 0 Å². The number of thiazole rings is 1. The van der Waals surface area contributed by atoms with Crippen LogP contribution in [0.4, 0.5) is 0 Å². The molecule has 1 aromatic heterocycles. The lowest BCUT2D eigenvalue weighted by molar-refractivity contribution is -0.138. The smallest absolute Gasteiger partial charge is 0.225 e. The first-order valence-electron chi connectivity index (χ1n) is 10.3. The van der Waals surface area contributed by atoms with E-state index in [2.05, 4.69) is 27.3 Å². The third kappa shape index (κ3) is 4.55. The molecule has 0 atom stereocenters. The highest BCUT2D eigenvalue weighted by Gasteiger charge is 2.28. The molecular formula is C22H29N3O2S. The number of rotatable bonds is 5. The Morgan fingerprint density at radius 1 is 1.11 bits per heavy atom. The molecule has 1 aromatic carbocycles. The minimum Gasteiger partial charge on any atom is -0.497 e. The first kappa shape index (κ1) is 19.4. The number of hydrogen-bond acceptors (Lipinski definition) is 5. The molecule has 2 aliphatic rings. The number of piperazine rings is 1. The lowest BCUT2D eigenvalue weighted by Crippen LogP contribution is -2.50. The predicted molar refractivity (Wildman–Crippen MR) is 113 cm³/mol. The van der Waals surface area contributed by atoms with E-state index in [1.165, 1.54) is 19.3 Å². The van der Waals surface area contributed by atoms with Crippen LogP contribution >= 0.6 is 11.3 Å². The first-order valence-corrected chi connectivity index (χ1v) is 11.2. The first-order chi connectivity index (χ1) is 13.7. The van der Waals surface area contributed by atoms with E-state index in [-0.39, 0.29) is 5.92 Å². The fraction of sp³-hybridized carbons (Fsp3) is 0.545. The number of hydrogen-bond donors (Lipinski definition) is 0. The van der Waals surface area contributed by atoms with E-state index in [4.69, 9.17) is 9.72 Å². The lowest BCUT2D eigenvalue weighted by atomic mass is 9.88. The van der Waals surface area contributed by atoms with Crippen LogP contribution in [0.1, 0.15) is 37.8 Å². The maximum absolute atomic E-state index is 12.7. The van der Waals surface area contributed by atoms with Crippen molar-refractivity contribution in [3.63, 3.8) is 0 Å². The highest BCUT2D eigenvalue weighted by Crippen LogP contribution is 2.27. The maximum atomic E-state index is 12.7. The Balaban J connectivity index is 1.29. The second-order valence-corrected chi connectivity index (χ2v) is 8.67. The number of amides is 1. The Labute approximate surface area is 171 Å². The zero-order valence-electron chi connectivity index (χ0n) is 16.6. The van der Waals surface area contributed by atoms with Crippen molar-refractivity contribution in [2.24, 2.45) is 5.92 Å². The van der Waals surface area contributed by atoms with E-state index in [1.54, 1.807) is 18.4 Å². The molecule has 2 heterocycles. The zero-order valence-corrected chi connectivity index (χ0v) is 17.4. The molecule has 1 aliphatic carbocycles. The van der Waals surface area contributed by atoms with Gasteiger partial charge < -0.3 is 9.64 Å². The molecule has 0 radical (unpaired) electrons. The molecule has 0 bridgehead atoms. The summed E-state index contributed by atoms with van der Waals surface area (Å²) in [6.45, 7) is 4.44. The predicted octanol–water partition coefficient (Wildman–Crippen LogP) is 4.04. The number of carbonyl (C=O) groups excluding carboxylic acids is 1. The van der Waals surface area contributed by atoms with E-state index in [0.29, 0.717) is 5.91 Å². The number of nitrogens with zero attached hydrogens (tertiary/aromatic N) is 3. The van der Waals surface area contributed by atoms with Crippen molar-refractivity contribution in [3.8, 4) is 16.3 Å². The summed E-state index contributed by atoms with van der Waals surface area (Å²) in [6.07, 6.45) is 5.91. The molecule has 2 aromatic rings. The van der Waals surface area contributed by atoms with Crippen molar-refractivity contribution < 1.29 is 9.53 Å². The van der Waals surface area contributed by atoms with E-state index >= 15 is 0 Å². The van der Waals surface area contributed by atoms with Crippen molar-refractivity contribution in [1.29, 1.82) is 0 Å². The van der Waals surface area contributed by atoms with Crippen LogP contribution in [0.5, 0.6) is 5.75 Å². The van der Waals surface area contributed by atoms with Crippen LogP contribution in [0.3, 0.4) is 0 Å². The average molecular weight is 400 g/mol. The van der Waals surface area contributed by atoms with Gasteiger partial charge in [0, 0.05) is 49.6 Å². The Hall–Kier alpha value is -1.92. The lowest BCUT2D eigenvalue weighted by Gasteiger charge is -2.36. The van der Waals surface area contributed by atoms with Gasteiger partial charge in [-0.3, -0.25) is 9.69 Å². The molecule has 0 N–H and O–H groups in total. The molecule has 1 aliphatic heterocycles. The highest BCUT2D eigenvalue weighted by atomic mass is 32.1. The number of ether oxygens (including phenoxy) is 1. The van der Waals surface area contributed by atoms with Gasteiger partial charge in [-0.2, -0.15) is 0 Å². The summed E-state index contributed by atoms with van der Waals surface area (Å²) in [7, 11) is 1.68. The maximum Gasteiger partial charge on any atom is 0.225 e. The summed E-state index contributed by atoms with van der Waals surface area (Å²) in [5, 5.41) is 3.20. The summed E-state index contributed by atoms with van der Waals surface area (Å²) >= 11 is 1.69. The van der Waals surface area contributed by atoms with Crippen LogP contribution in [0.25, 0.3) is 10.6 Å². The van der Waals surface area contributed by atoms with Crippen molar-refractivity contribution >= 4 is 17.2 Å². The monoisotopic (exact) mass is 399 g/mol. The van der Waals surface area contributed by atoms with Crippen molar-refractivity contribution in [1.82, 2.24) is 14.8 Å². The van der Waals surface area contributed by atoms with E-state index < -0.39 is 0 Å². The minimum atomic E-state index is 0.283. The molecule has 0 unspecified atom stereocenters. The topological polar surface area (TPSA) is 45.7 Å². The molecule has 150 valence electrons. The Morgan fingerprint density at radius 2 is 1.82 bits per heavy atom. The van der Waals surface area contributed by atoms with Gasteiger partial charge in [-0.25, -0.2) is 4.98 Å². The normalized spacial score (nSPS) is 19.0. The summed E-state index contributed by atoms with van der Waals surface area (Å²) in [5.74, 6) is 1.54. The Morgan fingerprint density at radius 3 is 2.50 bits per heavy atom. The Kier molecular flexibility index (Phi) is 6.27. The van der Waals surface area contributed by atoms with Crippen LogP contribution in [-0.2, 0) is 11.3 Å². The molecule has 4 rings (SSSR count). The van der Waals surface area contributed by atoms with Gasteiger partial charge in [0.15, 0.2) is 0 Å². The third-order valence-electron chi connectivity index (χ3n) is 5.91. The Bertz CT molecular complexity index is 775. The van der Waals surface area contributed by atoms with Crippen LogP contribution in [-0.4, -0.2) is 54.0 Å². The van der Waals surface area contributed by atoms with Gasteiger partial charge in [0.1, 0.15) is 10.8 Å². The van der Waals surface area contributed by atoms with Crippen LogP contribution in [0, 0.1) is 5.92 Å². The molecular weight excluding hydrogens is 370 g/mol. The molecule has 28 heavy (non-hydrogen) atoms. The summed E-state index contributed by atoms with van der Waals surface area (Å²) in [5.41, 5.74) is 2.24. The summed E-state index contributed by atoms with van der Waals surface area (Å²) in [6, 6.07) is 8.05. The van der Waals surface area contributed by atoms with Crippen LogP contribution < -0.4 is 4.74 Å². The average Bonchev–Trinajstić information content (AvgIpc) is 3.23. The van der Waals surface area contributed by atoms with E-state index in [0.717, 1.165) is 67.6 Å². The standard InChI is InChI=1S/C22H29N3O2S/c1-27-20-9-7-17(8-10-20)21-23-19(16-28-21)15-24-11-13-25(14-12-24)22(26)18-5-3-2-4-6-18/h7-10,16,18H,2-6,11-15H2,1H3. The second-order valence-electron chi connectivity index (χ2n) is 7.81. The molecule has 2 fully saturated rings.